The van der Waals surface area contributed by atoms with Crippen LogP contribution in [0, 0.1) is 0 Å². The molecule has 0 radical (unpaired) electrons. The number of hydrogen-bond acceptors (Lipinski definition) is 3. The van der Waals surface area contributed by atoms with Gasteiger partial charge in [-0.15, -0.1) is 0 Å². The van der Waals surface area contributed by atoms with Crippen LogP contribution >= 0.6 is 11.6 Å². The number of nitrogens with one attached hydrogen (secondary N) is 1. The number of rotatable bonds is 4. The van der Waals surface area contributed by atoms with Crippen molar-refractivity contribution in [2.24, 2.45) is 0 Å². The van der Waals surface area contributed by atoms with E-state index in [1.165, 1.54) is 0 Å². The van der Waals surface area contributed by atoms with Crippen LogP contribution in [0.3, 0.4) is 0 Å². The molecule has 0 unspecified atom stereocenters. The van der Waals surface area contributed by atoms with Crippen LogP contribution in [-0.4, -0.2) is 29.9 Å². The maximum absolute atomic E-state index is 12.7. The molecule has 0 aliphatic carbocycles. The molecule has 0 fully saturated rings. The van der Waals surface area contributed by atoms with Gasteiger partial charge in [0.25, 0.3) is 5.91 Å². The van der Waals surface area contributed by atoms with Crippen LogP contribution < -0.4 is 5.32 Å². The molecule has 0 aliphatic rings. The highest BCUT2D eigenvalue weighted by molar-refractivity contribution is 6.32. The number of aromatic nitrogens is 1. The average Bonchev–Trinajstić information content (AvgIpc) is 2.53. The normalized spacial score (nSPS) is 11.0. The molecule has 0 saturated carbocycles. The maximum Gasteiger partial charge on any atom is 0.257 e. The second-order valence-electron chi connectivity index (χ2n) is 5.92. The molecule has 1 heterocycles. The van der Waals surface area contributed by atoms with Gasteiger partial charge < -0.3 is 10.2 Å². The van der Waals surface area contributed by atoms with E-state index in [9.17, 15) is 4.79 Å². The first-order chi connectivity index (χ1) is 11.5. The first kappa shape index (κ1) is 16.4. The van der Waals surface area contributed by atoms with Gasteiger partial charge in [-0.05, 0) is 50.0 Å². The second kappa shape index (κ2) is 6.99. The van der Waals surface area contributed by atoms with Gasteiger partial charge in [-0.25, -0.2) is 0 Å². The number of benzene rings is 2. The predicted molar refractivity (Wildman–Crippen MR) is 98.5 cm³/mol. The maximum atomic E-state index is 12.7. The third kappa shape index (κ3) is 3.72. The van der Waals surface area contributed by atoms with Gasteiger partial charge in [0, 0.05) is 28.8 Å². The standard InChI is InChI=1S/C19H18ClN3O/c1-23(2)12-13-5-3-7-16(9-13)22-19(24)17-11-15(20)10-14-6-4-8-21-18(14)17/h3-11H,12H2,1-2H3,(H,22,24). The van der Waals surface area contributed by atoms with E-state index in [-0.39, 0.29) is 5.91 Å². The highest BCUT2D eigenvalue weighted by Crippen LogP contribution is 2.23. The number of halogens is 1. The molecule has 1 N–H and O–H groups in total. The zero-order valence-corrected chi connectivity index (χ0v) is 14.3. The summed E-state index contributed by atoms with van der Waals surface area (Å²) in [6.45, 7) is 0.811. The van der Waals surface area contributed by atoms with Crippen molar-refractivity contribution in [2.45, 2.75) is 6.54 Å². The van der Waals surface area contributed by atoms with Gasteiger partial charge in [-0.2, -0.15) is 0 Å². The predicted octanol–water partition coefficient (Wildman–Crippen LogP) is 4.20. The Hall–Kier alpha value is -2.43. The monoisotopic (exact) mass is 339 g/mol. The molecule has 0 bridgehead atoms. The minimum Gasteiger partial charge on any atom is -0.322 e. The van der Waals surface area contributed by atoms with Crippen molar-refractivity contribution < 1.29 is 4.79 Å². The van der Waals surface area contributed by atoms with Crippen LogP contribution in [0.4, 0.5) is 5.69 Å². The Morgan fingerprint density at radius 1 is 1.17 bits per heavy atom. The van der Waals surface area contributed by atoms with Crippen LogP contribution in [0.2, 0.25) is 5.02 Å². The van der Waals surface area contributed by atoms with Crippen molar-refractivity contribution in [1.82, 2.24) is 9.88 Å². The molecule has 5 heteroatoms. The first-order valence-corrected chi connectivity index (χ1v) is 8.00. The molecule has 3 aromatic rings. The number of pyridine rings is 1. The van der Waals surface area contributed by atoms with E-state index in [2.05, 4.69) is 15.2 Å². The summed E-state index contributed by atoms with van der Waals surface area (Å²) in [6.07, 6.45) is 1.67. The highest BCUT2D eigenvalue weighted by Gasteiger charge is 2.13. The van der Waals surface area contributed by atoms with Crippen LogP contribution in [-0.2, 0) is 6.54 Å². The summed E-state index contributed by atoms with van der Waals surface area (Å²) in [7, 11) is 4.02. The average molecular weight is 340 g/mol. The molecule has 0 atom stereocenters. The Morgan fingerprint density at radius 3 is 2.79 bits per heavy atom. The SMILES string of the molecule is CN(C)Cc1cccc(NC(=O)c2cc(Cl)cc3cccnc23)c1. The molecule has 0 saturated heterocycles. The summed E-state index contributed by atoms with van der Waals surface area (Å²) < 4.78 is 0. The lowest BCUT2D eigenvalue weighted by molar-refractivity contribution is 0.102. The fourth-order valence-corrected chi connectivity index (χ4v) is 2.87. The summed E-state index contributed by atoms with van der Waals surface area (Å²) in [4.78, 5) is 19.1. The van der Waals surface area contributed by atoms with E-state index >= 15 is 0 Å². The number of nitrogens with zero attached hydrogens (tertiary/aromatic N) is 2. The molecule has 4 nitrogen and oxygen atoms in total. The number of carbonyl (C=O) groups excluding carboxylic acids is 1. The molecule has 1 amide bonds. The van der Waals surface area contributed by atoms with E-state index in [4.69, 9.17) is 11.6 Å². The van der Waals surface area contributed by atoms with Crippen LogP contribution in [0.1, 0.15) is 15.9 Å². The molecule has 0 spiro atoms. The number of carbonyl (C=O) groups is 1. The Morgan fingerprint density at radius 2 is 2.00 bits per heavy atom. The summed E-state index contributed by atoms with van der Waals surface area (Å²) in [6, 6.07) is 15.0. The lowest BCUT2D eigenvalue weighted by Gasteiger charge is -2.12. The molecule has 2 aromatic carbocycles. The third-order valence-corrected chi connectivity index (χ3v) is 3.82. The minimum atomic E-state index is -0.219. The Balaban J connectivity index is 1.91. The lowest BCUT2D eigenvalue weighted by Crippen LogP contribution is -2.14. The van der Waals surface area contributed by atoms with Crippen molar-refractivity contribution in [3.63, 3.8) is 0 Å². The largest absolute Gasteiger partial charge is 0.322 e. The summed E-state index contributed by atoms with van der Waals surface area (Å²) in [5, 5.41) is 4.29. The topological polar surface area (TPSA) is 45.2 Å². The lowest BCUT2D eigenvalue weighted by atomic mass is 10.1. The van der Waals surface area contributed by atoms with Gasteiger partial charge in [0.05, 0.1) is 11.1 Å². The van der Waals surface area contributed by atoms with Gasteiger partial charge in [0.15, 0.2) is 0 Å². The van der Waals surface area contributed by atoms with E-state index in [0.29, 0.717) is 16.1 Å². The van der Waals surface area contributed by atoms with E-state index < -0.39 is 0 Å². The molecule has 0 aliphatic heterocycles. The highest BCUT2D eigenvalue weighted by atomic mass is 35.5. The zero-order valence-electron chi connectivity index (χ0n) is 13.6. The summed E-state index contributed by atoms with van der Waals surface area (Å²) >= 11 is 6.14. The molecule has 122 valence electrons. The fraction of sp³-hybridized carbons (Fsp3) is 0.158. The van der Waals surface area contributed by atoms with Crippen molar-refractivity contribution in [2.75, 3.05) is 19.4 Å². The van der Waals surface area contributed by atoms with Gasteiger partial charge >= 0.3 is 0 Å². The summed E-state index contributed by atoms with van der Waals surface area (Å²) in [5.74, 6) is -0.219. The van der Waals surface area contributed by atoms with Crippen molar-refractivity contribution >= 4 is 34.1 Å². The molecular weight excluding hydrogens is 322 g/mol. The van der Waals surface area contributed by atoms with Crippen molar-refractivity contribution in [3.05, 3.63) is 70.9 Å². The van der Waals surface area contributed by atoms with Crippen molar-refractivity contribution in [1.29, 1.82) is 0 Å². The third-order valence-electron chi connectivity index (χ3n) is 3.60. The van der Waals surface area contributed by atoms with Crippen LogP contribution in [0.25, 0.3) is 10.9 Å². The minimum absolute atomic E-state index is 0.219. The molecule has 3 rings (SSSR count). The molecule has 1 aromatic heterocycles. The van der Waals surface area contributed by atoms with Crippen LogP contribution in [0.5, 0.6) is 0 Å². The van der Waals surface area contributed by atoms with E-state index in [0.717, 1.165) is 23.2 Å². The number of hydrogen-bond donors (Lipinski definition) is 1. The van der Waals surface area contributed by atoms with Gasteiger partial charge in [-0.1, -0.05) is 29.8 Å². The number of amides is 1. The number of anilines is 1. The van der Waals surface area contributed by atoms with Gasteiger partial charge in [0.2, 0.25) is 0 Å². The fourth-order valence-electron chi connectivity index (χ4n) is 2.64. The Kier molecular flexibility index (Phi) is 4.79. The van der Waals surface area contributed by atoms with Crippen LogP contribution in [0.15, 0.2) is 54.7 Å². The van der Waals surface area contributed by atoms with E-state index in [1.807, 2.05) is 50.5 Å². The first-order valence-electron chi connectivity index (χ1n) is 7.62. The van der Waals surface area contributed by atoms with Gasteiger partial charge in [-0.3, -0.25) is 9.78 Å². The Labute approximate surface area is 146 Å². The van der Waals surface area contributed by atoms with E-state index in [1.54, 1.807) is 18.3 Å². The summed E-state index contributed by atoms with van der Waals surface area (Å²) in [5.41, 5.74) is 3.00. The smallest absolute Gasteiger partial charge is 0.257 e. The second-order valence-corrected chi connectivity index (χ2v) is 6.36. The number of fused-ring (bicyclic) bond motifs is 1. The Bertz CT molecular complexity index is 893. The molecular formula is C19H18ClN3O. The molecule has 24 heavy (non-hydrogen) atoms. The van der Waals surface area contributed by atoms with Gasteiger partial charge in [0.1, 0.15) is 0 Å². The zero-order chi connectivity index (χ0) is 17.1. The van der Waals surface area contributed by atoms with Crippen molar-refractivity contribution in [3.8, 4) is 0 Å². The quantitative estimate of drug-likeness (QED) is 0.774.